The van der Waals surface area contributed by atoms with Crippen molar-refractivity contribution in [2.24, 2.45) is 11.8 Å². The molecule has 4 aliphatic rings. The molecule has 0 spiro atoms. The molecule has 0 unspecified atom stereocenters. The maximum absolute atomic E-state index is 17.8. The first-order chi connectivity index (χ1) is 25.1. The fraction of sp³-hybridized carbons (Fsp3) is 0.622. The van der Waals surface area contributed by atoms with E-state index in [1.165, 1.54) is 18.1 Å². The van der Waals surface area contributed by atoms with Crippen LogP contribution in [0.4, 0.5) is 23.2 Å². The number of methoxy groups -OCH3 is 2. The molecule has 2 aromatic rings. The summed E-state index contributed by atoms with van der Waals surface area (Å²) in [6, 6.07) is 10.7. The number of anilines is 1. The average molecular weight is 769 g/mol. The Hall–Kier alpha value is -3.47. The normalized spacial score (nSPS) is 26.6. The second-order valence-electron chi connectivity index (χ2n) is 14.8. The Labute approximate surface area is 308 Å². The number of rotatable bonds is 10. The molecule has 53 heavy (non-hydrogen) atoms. The molecule has 4 fully saturated rings. The van der Waals surface area contributed by atoms with Crippen molar-refractivity contribution >= 4 is 27.5 Å². The van der Waals surface area contributed by atoms with Gasteiger partial charge in [-0.3, -0.25) is 19.2 Å². The van der Waals surface area contributed by atoms with Crippen LogP contribution in [0.2, 0.25) is 0 Å². The number of carbonyl (C=O) groups is 2. The topological polar surface area (TPSA) is 118 Å². The second kappa shape index (κ2) is 15.7. The molecule has 0 aromatic heterocycles. The molecule has 0 aliphatic carbocycles. The predicted molar refractivity (Wildman–Crippen MR) is 189 cm³/mol. The van der Waals surface area contributed by atoms with E-state index in [0.29, 0.717) is 42.3 Å². The fourth-order valence-electron chi connectivity index (χ4n) is 8.59. The van der Waals surface area contributed by atoms with E-state index in [9.17, 15) is 31.2 Å². The molecule has 0 bridgehead atoms. The molecule has 2 amide bonds. The molecule has 0 saturated carbocycles. The number of alkyl halides is 4. The molecule has 2 aromatic carbocycles. The van der Waals surface area contributed by atoms with E-state index in [1.807, 2.05) is 4.72 Å². The monoisotopic (exact) mass is 768 g/mol. The van der Waals surface area contributed by atoms with Gasteiger partial charge < -0.3 is 24.0 Å². The molecule has 4 aliphatic heterocycles. The summed E-state index contributed by atoms with van der Waals surface area (Å²) < 4.78 is 102. The summed E-state index contributed by atoms with van der Waals surface area (Å²) in [6.45, 7) is 2.23. The van der Waals surface area contributed by atoms with Gasteiger partial charge in [0.2, 0.25) is 21.6 Å². The summed E-state index contributed by atoms with van der Waals surface area (Å²) in [5, 5.41) is 0. The Balaban J connectivity index is 1.29. The lowest BCUT2D eigenvalue weighted by Crippen LogP contribution is -2.50. The lowest BCUT2D eigenvalue weighted by molar-refractivity contribution is -0.143. The summed E-state index contributed by atoms with van der Waals surface area (Å²) in [4.78, 5) is 32.5. The van der Waals surface area contributed by atoms with E-state index in [4.69, 9.17) is 14.2 Å². The Kier molecular flexibility index (Phi) is 11.6. The number of benzene rings is 2. The van der Waals surface area contributed by atoms with Crippen molar-refractivity contribution in [3.05, 3.63) is 59.2 Å². The molecule has 11 nitrogen and oxygen atoms in total. The van der Waals surface area contributed by atoms with E-state index in [0.717, 1.165) is 31.2 Å². The first-order valence-electron chi connectivity index (χ1n) is 18.0. The van der Waals surface area contributed by atoms with Crippen molar-refractivity contribution in [2.75, 3.05) is 84.5 Å². The van der Waals surface area contributed by atoms with Crippen LogP contribution in [0.1, 0.15) is 54.2 Å². The van der Waals surface area contributed by atoms with Crippen molar-refractivity contribution in [2.45, 2.75) is 55.4 Å². The fourth-order valence-corrected chi connectivity index (χ4v) is 9.12. The van der Waals surface area contributed by atoms with Crippen LogP contribution in [0.15, 0.2) is 42.5 Å². The zero-order chi connectivity index (χ0) is 38.1. The third-order valence-corrected chi connectivity index (χ3v) is 11.9. The van der Waals surface area contributed by atoms with Gasteiger partial charge in [-0.25, -0.2) is 12.8 Å². The molecule has 4 atom stereocenters. The molecular weight excluding hydrogens is 720 g/mol. The van der Waals surface area contributed by atoms with Crippen LogP contribution in [0.3, 0.4) is 0 Å². The third kappa shape index (κ3) is 8.60. The van der Waals surface area contributed by atoms with Crippen molar-refractivity contribution in [1.82, 2.24) is 14.5 Å². The van der Waals surface area contributed by atoms with Crippen molar-refractivity contribution < 1.29 is 49.8 Å². The summed E-state index contributed by atoms with van der Waals surface area (Å²) >= 11 is 0. The Bertz CT molecular complexity index is 1730. The van der Waals surface area contributed by atoms with Crippen molar-refractivity contribution in [1.29, 1.82) is 0 Å². The van der Waals surface area contributed by atoms with Gasteiger partial charge in [-0.05, 0) is 61.1 Å². The SMILES string of the molecule is COC[C@H]1CN(C(=O)[C@]2(F)CN(C3CCOCC3)C[C@H]2c2ccc(OC)cc2)C[C@@H]1c1ccc(C(F)(F)F)cc1N1CCC(C(=O)NS(C)(=O)=O)CC1. The minimum atomic E-state index is -4.62. The van der Waals surface area contributed by atoms with E-state index in [1.54, 1.807) is 36.3 Å². The minimum Gasteiger partial charge on any atom is -0.497 e. The molecule has 0 radical (unpaired) electrons. The number of carbonyl (C=O) groups excluding carboxylic acids is 2. The molecule has 6 rings (SSSR count). The second-order valence-corrected chi connectivity index (χ2v) is 16.5. The van der Waals surface area contributed by atoms with E-state index in [2.05, 4.69) is 4.90 Å². The molecule has 4 saturated heterocycles. The van der Waals surface area contributed by atoms with Gasteiger partial charge in [0.1, 0.15) is 5.75 Å². The lowest BCUT2D eigenvalue weighted by atomic mass is 9.85. The van der Waals surface area contributed by atoms with E-state index < -0.39 is 57.0 Å². The predicted octanol–water partition coefficient (Wildman–Crippen LogP) is 4.18. The van der Waals surface area contributed by atoms with Gasteiger partial charge in [0.05, 0.1) is 25.5 Å². The van der Waals surface area contributed by atoms with Gasteiger partial charge in [-0.2, -0.15) is 13.2 Å². The molecule has 4 heterocycles. The number of likely N-dealkylation sites (tertiary alicyclic amines) is 2. The van der Waals surface area contributed by atoms with Crippen LogP contribution in [-0.2, 0) is 35.3 Å². The minimum absolute atomic E-state index is 0.0683. The quantitative estimate of drug-likeness (QED) is 0.356. The molecule has 1 N–H and O–H groups in total. The highest BCUT2D eigenvalue weighted by Crippen LogP contribution is 2.46. The summed E-state index contributed by atoms with van der Waals surface area (Å²) in [5.41, 5.74) is -1.54. The number of ether oxygens (including phenoxy) is 3. The van der Waals surface area contributed by atoms with Gasteiger partial charge in [0, 0.05) is 95.0 Å². The molecule has 16 heteroatoms. The van der Waals surface area contributed by atoms with Gasteiger partial charge in [0.25, 0.3) is 5.91 Å². The zero-order valence-electron chi connectivity index (χ0n) is 30.2. The third-order valence-electron chi connectivity index (χ3n) is 11.3. The van der Waals surface area contributed by atoms with Crippen LogP contribution < -0.4 is 14.4 Å². The van der Waals surface area contributed by atoms with Crippen molar-refractivity contribution in [3.8, 4) is 5.75 Å². The van der Waals surface area contributed by atoms with Gasteiger partial charge >= 0.3 is 6.18 Å². The molecular formula is C37H48F4N4O7S. The maximum Gasteiger partial charge on any atom is 0.416 e. The van der Waals surface area contributed by atoms with Crippen LogP contribution in [0, 0.1) is 11.8 Å². The number of nitrogens with one attached hydrogen (secondary N) is 1. The highest BCUT2D eigenvalue weighted by Gasteiger charge is 2.57. The Morgan fingerprint density at radius 3 is 2.26 bits per heavy atom. The number of piperidine rings is 1. The number of nitrogens with zero attached hydrogens (tertiary/aromatic N) is 3. The van der Waals surface area contributed by atoms with Crippen LogP contribution in [0.25, 0.3) is 0 Å². The average Bonchev–Trinajstić information content (AvgIpc) is 3.72. The van der Waals surface area contributed by atoms with E-state index >= 15 is 4.39 Å². The molecule has 292 valence electrons. The highest BCUT2D eigenvalue weighted by atomic mass is 32.2. The number of hydrogen-bond donors (Lipinski definition) is 1. The summed E-state index contributed by atoms with van der Waals surface area (Å²) in [7, 11) is -0.704. The first kappa shape index (κ1) is 39.2. The van der Waals surface area contributed by atoms with Crippen LogP contribution in [-0.4, -0.2) is 121 Å². The Morgan fingerprint density at radius 1 is 0.981 bits per heavy atom. The number of halogens is 4. The van der Waals surface area contributed by atoms with Gasteiger partial charge in [-0.1, -0.05) is 18.2 Å². The summed E-state index contributed by atoms with van der Waals surface area (Å²) in [5.74, 6) is -2.87. The maximum atomic E-state index is 17.8. The smallest absolute Gasteiger partial charge is 0.416 e. The van der Waals surface area contributed by atoms with E-state index in [-0.39, 0.29) is 64.1 Å². The van der Waals surface area contributed by atoms with Crippen LogP contribution in [0.5, 0.6) is 5.75 Å². The van der Waals surface area contributed by atoms with Crippen molar-refractivity contribution in [3.63, 3.8) is 0 Å². The highest BCUT2D eigenvalue weighted by molar-refractivity contribution is 7.89. The zero-order valence-corrected chi connectivity index (χ0v) is 31.1. The van der Waals surface area contributed by atoms with Crippen LogP contribution >= 0.6 is 0 Å². The summed E-state index contributed by atoms with van der Waals surface area (Å²) in [6.07, 6.45) is -1.81. The number of amides is 2. The lowest BCUT2D eigenvalue weighted by Gasteiger charge is -2.36. The number of sulfonamides is 1. The Morgan fingerprint density at radius 2 is 1.66 bits per heavy atom. The largest absolute Gasteiger partial charge is 0.497 e. The number of hydrogen-bond acceptors (Lipinski definition) is 9. The standard InChI is InChI=1S/C37H48F4N4O7S/c1-50-22-26-19-44(35(47)36(38)23-45(28-12-16-52-17-13-28)21-32(36)24-4-7-29(51-2)8-5-24)20-31(26)30-9-6-27(37(39,40)41)18-33(30)43-14-10-25(11-15-43)34(46)42-53(3,48)49/h4-9,18,25-26,28,31-32H,10-17,19-23H2,1-3H3,(H,42,46)/t26-,31+,32+,36+/m1/s1. The first-order valence-corrected chi connectivity index (χ1v) is 19.9. The van der Waals surface area contributed by atoms with Gasteiger partial charge in [-0.15, -0.1) is 0 Å². The van der Waals surface area contributed by atoms with Gasteiger partial charge in [0.15, 0.2) is 0 Å².